The van der Waals surface area contributed by atoms with Gasteiger partial charge < -0.3 is 14.4 Å². The Morgan fingerprint density at radius 2 is 1.95 bits per heavy atom. The fraction of sp³-hybridized carbons (Fsp3) is 0.387. The number of aryl methyl sites for hydroxylation is 1. The summed E-state index contributed by atoms with van der Waals surface area (Å²) in [6.45, 7) is 11.0. The zero-order valence-corrected chi connectivity index (χ0v) is 23.9. The molecular weight excluding hydrogens is 526 g/mol. The highest BCUT2D eigenvalue weighted by molar-refractivity contribution is 6.36. The molecule has 1 N–H and O–H groups in total. The predicted octanol–water partition coefficient (Wildman–Crippen LogP) is 5.88. The summed E-state index contributed by atoms with van der Waals surface area (Å²) in [5.41, 5.74) is 8.19. The van der Waals surface area contributed by atoms with Crippen LogP contribution in [0.4, 0.5) is 0 Å². The highest BCUT2D eigenvalue weighted by Gasteiger charge is 2.54. The SMILES string of the molecule is C=CC(=O)N1CC2(CC(n3nc(-c4ccc(COCCOC)cc4)c(-c4c(Cl)c(C)cc5[nH]ncc45)c3C)C2)C1. The van der Waals surface area contributed by atoms with Gasteiger partial charge in [0.2, 0.25) is 5.91 Å². The van der Waals surface area contributed by atoms with Gasteiger partial charge in [-0.2, -0.15) is 10.2 Å². The molecule has 40 heavy (non-hydrogen) atoms. The molecule has 6 rings (SSSR count). The molecule has 2 aromatic carbocycles. The highest BCUT2D eigenvalue weighted by Crippen LogP contribution is 2.55. The first-order valence-electron chi connectivity index (χ1n) is 13.6. The summed E-state index contributed by atoms with van der Waals surface area (Å²) in [5, 5.41) is 14.4. The number of aromatic nitrogens is 4. The largest absolute Gasteiger partial charge is 0.382 e. The maximum atomic E-state index is 12.0. The number of amides is 1. The molecule has 0 bridgehead atoms. The molecule has 2 aliphatic rings. The van der Waals surface area contributed by atoms with Crippen molar-refractivity contribution < 1.29 is 14.3 Å². The van der Waals surface area contributed by atoms with Gasteiger partial charge in [-0.1, -0.05) is 42.4 Å². The van der Waals surface area contributed by atoms with Gasteiger partial charge in [-0.3, -0.25) is 14.6 Å². The van der Waals surface area contributed by atoms with E-state index in [1.165, 1.54) is 6.08 Å². The lowest BCUT2D eigenvalue weighted by atomic mass is 9.60. The number of hydrogen-bond acceptors (Lipinski definition) is 5. The first-order valence-corrected chi connectivity index (χ1v) is 14.0. The number of ether oxygens (including phenoxy) is 2. The number of hydrogen-bond donors (Lipinski definition) is 1. The lowest BCUT2D eigenvalue weighted by Crippen LogP contribution is -2.63. The van der Waals surface area contributed by atoms with Crippen LogP contribution < -0.4 is 0 Å². The number of likely N-dealkylation sites (tertiary alicyclic amines) is 1. The van der Waals surface area contributed by atoms with Crippen LogP contribution in [-0.4, -0.2) is 64.2 Å². The van der Waals surface area contributed by atoms with Crippen LogP contribution in [0, 0.1) is 19.3 Å². The van der Waals surface area contributed by atoms with Gasteiger partial charge in [-0.15, -0.1) is 0 Å². The van der Waals surface area contributed by atoms with Crippen LogP contribution in [0.15, 0.2) is 49.2 Å². The van der Waals surface area contributed by atoms with E-state index in [1.54, 1.807) is 7.11 Å². The number of aromatic amines is 1. The van der Waals surface area contributed by atoms with Crippen molar-refractivity contribution in [3.8, 4) is 22.4 Å². The van der Waals surface area contributed by atoms with Gasteiger partial charge in [0.25, 0.3) is 0 Å². The van der Waals surface area contributed by atoms with Gasteiger partial charge in [0, 0.05) is 53.4 Å². The average Bonchev–Trinajstić information content (AvgIpc) is 3.50. The Labute approximate surface area is 238 Å². The van der Waals surface area contributed by atoms with E-state index in [0.29, 0.717) is 24.8 Å². The van der Waals surface area contributed by atoms with E-state index in [0.717, 1.165) is 76.0 Å². The Kier molecular flexibility index (Phi) is 7.02. The molecule has 0 atom stereocenters. The van der Waals surface area contributed by atoms with E-state index in [2.05, 4.69) is 52.6 Å². The van der Waals surface area contributed by atoms with Crippen molar-refractivity contribution in [1.82, 2.24) is 24.9 Å². The Hall–Kier alpha value is -3.46. The zero-order valence-electron chi connectivity index (χ0n) is 23.2. The Balaban J connectivity index is 1.37. The van der Waals surface area contributed by atoms with Gasteiger partial charge in [-0.05, 0) is 50.0 Å². The standard InChI is InChI=1S/C31H34ClN5O3/c1-5-26(38)36-17-31(18-36)13-23(14-31)37-20(3)27(28-24-15-33-34-25(24)12-19(2)29(28)32)30(35-37)22-8-6-21(7-9-22)16-40-11-10-39-4/h5-9,12,15,23H,1,10-11,13-14,16-18H2,2-4H3,(H,33,34). The number of H-pyrrole nitrogens is 1. The first kappa shape index (κ1) is 26.7. The number of nitrogens with one attached hydrogen (secondary N) is 1. The van der Waals surface area contributed by atoms with E-state index in [4.69, 9.17) is 26.2 Å². The molecule has 2 aromatic heterocycles. The quantitative estimate of drug-likeness (QED) is 0.204. The second-order valence-electron chi connectivity index (χ2n) is 11.2. The molecule has 1 amide bonds. The number of methoxy groups -OCH3 is 1. The Morgan fingerprint density at radius 3 is 2.65 bits per heavy atom. The molecule has 9 heteroatoms. The second kappa shape index (κ2) is 10.5. The number of halogens is 1. The second-order valence-corrected chi connectivity index (χ2v) is 11.5. The maximum absolute atomic E-state index is 12.0. The number of carbonyl (C=O) groups is 1. The molecular formula is C31H34ClN5O3. The van der Waals surface area contributed by atoms with E-state index in [-0.39, 0.29) is 17.4 Å². The van der Waals surface area contributed by atoms with Crippen LogP contribution in [0.1, 0.15) is 35.7 Å². The molecule has 0 radical (unpaired) electrons. The molecule has 208 valence electrons. The third-order valence-corrected chi connectivity index (χ3v) is 8.90. The Bertz CT molecular complexity index is 1570. The fourth-order valence-electron chi connectivity index (χ4n) is 6.33. The first-order chi connectivity index (χ1) is 19.3. The van der Waals surface area contributed by atoms with Crippen LogP contribution >= 0.6 is 11.6 Å². The van der Waals surface area contributed by atoms with Crippen LogP contribution in [0.3, 0.4) is 0 Å². The predicted molar refractivity (Wildman–Crippen MR) is 156 cm³/mol. The fourth-order valence-corrected chi connectivity index (χ4v) is 6.58. The summed E-state index contributed by atoms with van der Waals surface area (Å²) in [5.74, 6) is 0.0136. The third kappa shape index (κ3) is 4.54. The van der Waals surface area contributed by atoms with E-state index in [9.17, 15) is 4.79 Å². The lowest BCUT2D eigenvalue weighted by Gasteiger charge is -2.58. The van der Waals surface area contributed by atoms with Crippen molar-refractivity contribution in [2.45, 2.75) is 39.3 Å². The van der Waals surface area contributed by atoms with Gasteiger partial charge >= 0.3 is 0 Å². The van der Waals surface area contributed by atoms with Crippen LogP contribution in [0.2, 0.25) is 5.02 Å². The smallest absolute Gasteiger partial charge is 0.245 e. The summed E-state index contributed by atoms with van der Waals surface area (Å²) in [6, 6.07) is 10.7. The number of rotatable bonds is 9. The van der Waals surface area contributed by atoms with Crippen molar-refractivity contribution >= 4 is 28.4 Å². The minimum Gasteiger partial charge on any atom is -0.382 e. The van der Waals surface area contributed by atoms with Crippen molar-refractivity contribution in [2.24, 2.45) is 5.41 Å². The molecule has 1 aliphatic heterocycles. The van der Waals surface area contributed by atoms with Gasteiger partial charge in [0.05, 0.1) is 42.6 Å². The van der Waals surface area contributed by atoms with Crippen LogP contribution in [0.25, 0.3) is 33.3 Å². The molecule has 3 heterocycles. The summed E-state index contributed by atoms with van der Waals surface area (Å²) >= 11 is 7.03. The summed E-state index contributed by atoms with van der Waals surface area (Å²) in [4.78, 5) is 13.9. The molecule has 8 nitrogen and oxygen atoms in total. The number of benzene rings is 2. The molecule has 2 fully saturated rings. The van der Waals surface area contributed by atoms with Crippen molar-refractivity contribution in [1.29, 1.82) is 0 Å². The normalized spacial score (nSPS) is 16.4. The molecule has 1 spiro atoms. The van der Waals surface area contributed by atoms with E-state index < -0.39 is 0 Å². The number of fused-ring (bicyclic) bond motifs is 1. The summed E-state index contributed by atoms with van der Waals surface area (Å²) in [7, 11) is 1.67. The van der Waals surface area contributed by atoms with E-state index >= 15 is 0 Å². The maximum Gasteiger partial charge on any atom is 0.245 e. The average molecular weight is 560 g/mol. The van der Waals surface area contributed by atoms with Gasteiger partial charge in [0.15, 0.2) is 0 Å². The minimum absolute atomic E-state index is 0.0136. The molecule has 1 saturated carbocycles. The number of carbonyl (C=O) groups excluding carboxylic acids is 1. The molecule has 1 saturated heterocycles. The number of nitrogens with zero attached hydrogens (tertiary/aromatic N) is 4. The molecule has 0 unspecified atom stereocenters. The Morgan fingerprint density at radius 1 is 1.20 bits per heavy atom. The minimum atomic E-state index is 0.0136. The van der Waals surface area contributed by atoms with Crippen molar-refractivity contribution in [3.63, 3.8) is 0 Å². The summed E-state index contributed by atoms with van der Waals surface area (Å²) in [6.07, 6.45) is 5.23. The third-order valence-electron chi connectivity index (χ3n) is 8.41. The van der Waals surface area contributed by atoms with Crippen molar-refractivity contribution in [3.05, 3.63) is 71.0 Å². The monoisotopic (exact) mass is 559 g/mol. The van der Waals surface area contributed by atoms with Crippen LogP contribution in [0.5, 0.6) is 0 Å². The molecule has 4 aromatic rings. The molecule has 1 aliphatic carbocycles. The zero-order chi connectivity index (χ0) is 28.0. The lowest BCUT2D eigenvalue weighted by molar-refractivity contribution is -0.149. The topological polar surface area (TPSA) is 85.3 Å². The van der Waals surface area contributed by atoms with Gasteiger partial charge in [0.1, 0.15) is 5.69 Å². The van der Waals surface area contributed by atoms with Crippen LogP contribution in [-0.2, 0) is 20.9 Å². The van der Waals surface area contributed by atoms with Crippen molar-refractivity contribution in [2.75, 3.05) is 33.4 Å². The summed E-state index contributed by atoms with van der Waals surface area (Å²) < 4.78 is 13.0. The van der Waals surface area contributed by atoms with Gasteiger partial charge in [-0.25, -0.2) is 0 Å². The van der Waals surface area contributed by atoms with E-state index in [1.807, 2.05) is 24.1 Å². The highest BCUT2D eigenvalue weighted by atomic mass is 35.5.